The quantitative estimate of drug-likeness (QED) is 0.792. The summed E-state index contributed by atoms with van der Waals surface area (Å²) in [5, 5.41) is 13.4. The first-order valence-corrected chi connectivity index (χ1v) is 9.04. The second-order valence-corrected chi connectivity index (χ2v) is 6.95. The van der Waals surface area contributed by atoms with Crippen LogP contribution >= 0.6 is 23.2 Å². The van der Waals surface area contributed by atoms with Crippen LogP contribution in [0.1, 0.15) is 18.4 Å². The second kappa shape index (κ2) is 7.98. The van der Waals surface area contributed by atoms with Gasteiger partial charge in [0.05, 0.1) is 22.2 Å². The molecular formula is C19H18Cl2N2O3. The molecule has 1 amide bonds. The first-order valence-electron chi connectivity index (χ1n) is 8.28. The number of carboxylic acids is 1. The number of halogens is 2. The van der Waals surface area contributed by atoms with Crippen molar-refractivity contribution in [3.63, 3.8) is 0 Å². The number of carboxylic acid groups (broad SMARTS) is 1. The third kappa shape index (κ3) is 3.94. The van der Waals surface area contributed by atoms with Crippen LogP contribution in [-0.4, -0.2) is 34.5 Å². The van der Waals surface area contributed by atoms with Crippen molar-refractivity contribution in [3.8, 4) is 0 Å². The first kappa shape index (κ1) is 18.5. The van der Waals surface area contributed by atoms with E-state index in [0.717, 1.165) is 5.56 Å². The van der Waals surface area contributed by atoms with Crippen molar-refractivity contribution in [2.45, 2.75) is 25.3 Å². The second-order valence-electron chi connectivity index (χ2n) is 6.14. The minimum Gasteiger partial charge on any atom is -0.480 e. The minimum absolute atomic E-state index is 0.106. The highest BCUT2D eigenvalue weighted by atomic mass is 35.5. The fraction of sp³-hybridized carbons (Fsp3) is 0.263. The highest BCUT2D eigenvalue weighted by Gasteiger charge is 2.33. The molecule has 1 unspecified atom stereocenters. The standard InChI is InChI=1S/C19H18Cl2N2O3/c20-13-6-3-7-14(21)18(13)22-15-8-2-1-5-12(15)11-17(24)23-10-4-9-16(23)19(25)26/h1-3,5-8,16,22H,4,9-11H2,(H,25,26). The number of carbonyl (C=O) groups is 2. The van der Waals surface area contributed by atoms with E-state index in [9.17, 15) is 14.7 Å². The number of para-hydroxylation sites is 2. The fourth-order valence-corrected chi connectivity index (χ4v) is 3.63. The number of likely N-dealkylation sites (tertiary alicyclic amines) is 1. The summed E-state index contributed by atoms with van der Waals surface area (Å²) >= 11 is 12.4. The third-order valence-electron chi connectivity index (χ3n) is 4.44. The van der Waals surface area contributed by atoms with Gasteiger partial charge >= 0.3 is 5.97 Å². The molecule has 1 atom stereocenters. The van der Waals surface area contributed by atoms with E-state index in [2.05, 4.69) is 5.32 Å². The van der Waals surface area contributed by atoms with Crippen molar-refractivity contribution >= 4 is 46.5 Å². The molecule has 2 aromatic rings. The highest BCUT2D eigenvalue weighted by Crippen LogP contribution is 2.34. The van der Waals surface area contributed by atoms with Gasteiger partial charge in [-0.25, -0.2) is 4.79 Å². The van der Waals surface area contributed by atoms with Crippen LogP contribution in [-0.2, 0) is 16.0 Å². The molecular weight excluding hydrogens is 375 g/mol. The number of hydrogen-bond donors (Lipinski definition) is 2. The van der Waals surface area contributed by atoms with E-state index in [1.807, 2.05) is 24.3 Å². The summed E-state index contributed by atoms with van der Waals surface area (Å²) in [5.41, 5.74) is 2.03. The molecule has 5 nitrogen and oxygen atoms in total. The van der Waals surface area contributed by atoms with Gasteiger partial charge < -0.3 is 15.3 Å². The maximum absolute atomic E-state index is 12.7. The lowest BCUT2D eigenvalue weighted by atomic mass is 10.1. The summed E-state index contributed by atoms with van der Waals surface area (Å²) in [4.78, 5) is 25.4. The van der Waals surface area contributed by atoms with Crippen molar-refractivity contribution in [3.05, 3.63) is 58.1 Å². The number of aliphatic carboxylic acids is 1. The number of rotatable bonds is 5. The van der Waals surface area contributed by atoms with Crippen LogP contribution in [0.4, 0.5) is 11.4 Å². The molecule has 2 N–H and O–H groups in total. The Morgan fingerprint density at radius 1 is 1.12 bits per heavy atom. The predicted octanol–water partition coefficient (Wildman–Crippen LogP) is 4.36. The van der Waals surface area contributed by atoms with Crippen LogP contribution in [0.15, 0.2) is 42.5 Å². The summed E-state index contributed by atoms with van der Waals surface area (Å²) < 4.78 is 0. The van der Waals surface area contributed by atoms with Crippen LogP contribution in [0.5, 0.6) is 0 Å². The van der Waals surface area contributed by atoms with Gasteiger partial charge in [0.1, 0.15) is 6.04 Å². The molecule has 0 aromatic heterocycles. The molecule has 0 bridgehead atoms. The van der Waals surface area contributed by atoms with Gasteiger partial charge in [-0.1, -0.05) is 47.5 Å². The van der Waals surface area contributed by atoms with E-state index in [-0.39, 0.29) is 12.3 Å². The van der Waals surface area contributed by atoms with Gasteiger partial charge in [-0.3, -0.25) is 4.79 Å². The molecule has 3 rings (SSSR count). The molecule has 0 radical (unpaired) electrons. The van der Waals surface area contributed by atoms with E-state index >= 15 is 0 Å². The molecule has 1 fully saturated rings. The lowest BCUT2D eigenvalue weighted by Gasteiger charge is -2.22. The smallest absolute Gasteiger partial charge is 0.326 e. The molecule has 1 aliphatic heterocycles. The maximum atomic E-state index is 12.7. The Kier molecular flexibility index (Phi) is 5.69. The van der Waals surface area contributed by atoms with Crippen LogP contribution < -0.4 is 5.32 Å². The van der Waals surface area contributed by atoms with E-state index in [1.165, 1.54) is 4.90 Å². The Hall–Kier alpha value is -2.24. The van der Waals surface area contributed by atoms with Gasteiger partial charge in [0, 0.05) is 12.2 Å². The van der Waals surface area contributed by atoms with Crippen molar-refractivity contribution < 1.29 is 14.7 Å². The Bertz CT molecular complexity index is 821. The average molecular weight is 393 g/mol. The lowest BCUT2D eigenvalue weighted by molar-refractivity contribution is -0.147. The molecule has 136 valence electrons. The van der Waals surface area contributed by atoms with Crippen molar-refractivity contribution in [2.24, 2.45) is 0 Å². The molecule has 1 aliphatic rings. The van der Waals surface area contributed by atoms with Crippen molar-refractivity contribution in [1.29, 1.82) is 0 Å². The van der Waals surface area contributed by atoms with Gasteiger partial charge in [0.15, 0.2) is 0 Å². The Morgan fingerprint density at radius 3 is 2.50 bits per heavy atom. The van der Waals surface area contributed by atoms with E-state index in [0.29, 0.717) is 40.8 Å². The molecule has 1 saturated heterocycles. The largest absolute Gasteiger partial charge is 0.480 e. The molecule has 26 heavy (non-hydrogen) atoms. The number of nitrogens with one attached hydrogen (secondary N) is 1. The highest BCUT2D eigenvalue weighted by molar-refractivity contribution is 6.39. The number of nitrogens with zero attached hydrogens (tertiary/aromatic N) is 1. The maximum Gasteiger partial charge on any atom is 0.326 e. The number of anilines is 2. The fourth-order valence-electron chi connectivity index (χ4n) is 3.13. The van der Waals surface area contributed by atoms with Crippen molar-refractivity contribution in [2.75, 3.05) is 11.9 Å². The molecule has 0 saturated carbocycles. The zero-order valence-corrected chi connectivity index (χ0v) is 15.4. The molecule has 0 aliphatic carbocycles. The zero-order chi connectivity index (χ0) is 18.7. The van der Waals surface area contributed by atoms with E-state index in [1.54, 1.807) is 18.2 Å². The number of carbonyl (C=O) groups excluding carboxylic acids is 1. The summed E-state index contributed by atoms with van der Waals surface area (Å²) in [5.74, 6) is -1.15. The number of benzene rings is 2. The lowest BCUT2D eigenvalue weighted by Crippen LogP contribution is -2.41. The number of hydrogen-bond acceptors (Lipinski definition) is 3. The van der Waals surface area contributed by atoms with Crippen molar-refractivity contribution in [1.82, 2.24) is 4.90 Å². The molecule has 0 spiro atoms. The summed E-state index contributed by atoms with van der Waals surface area (Å²) in [6.45, 7) is 0.474. The van der Waals surface area contributed by atoms with Gasteiger partial charge in [-0.05, 0) is 36.6 Å². The van der Waals surface area contributed by atoms with Gasteiger partial charge in [0.2, 0.25) is 5.91 Å². The Morgan fingerprint density at radius 2 is 1.81 bits per heavy atom. The SMILES string of the molecule is O=C(O)C1CCCN1C(=O)Cc1ccccc1Nc1c(Cl)cccc1Cl. The Balaban J connectivity index is 1.81. The monoisotopic (exact) mass is 392 g/mol. The van der Waals surface area contributed by atoms with Gasteiger partial charge in [-0.2, -0.15) is 0 Å². The van der Waals surface area contributed by atoms with Crippen LogP contribution in [0.3, 0.4) is 0 Å². The predicted molar refractivity (Wildman–Crippen MR) is 102 cm³/mol. The van der Waals surface area contributed by atoms with Crippen LogP contribution in [0.25, 0.3) is 0 Å². The summed E-state index contributed by atoms with van der Waals surface area (Å²) in [6.07, 6.45) is 1.31. The first-order chi connectivity index (χ1) is 12.5. The topological polar surface area (TPSA) is 69.6 Å². The summed E-state index contributed by atoms with van der Waals surface area (Å²) in [7, 11) is 0. The average Bonchev–Trinajstić information content (AvgIpc) is 3.10. The van der Waals surface area contributed by atoms with Crippen LogP contribution in [0, 0.1) is 0 Å². The third-order valence-corrected chi connectivity index (χ3v) is 5.07. The van der Waals surface area contributed by atoms with Gasteiger partial charge in [-0.15, -0.1) is 0 Å². The zero-order valence-electron chi connectivity index (χ0n) is 13.9. The molecule has 1 heterocycles. The van der Waals surface area contributed by atoms with Crippen LogP contribution in [0.2, 0.25) is 10.0 Å². The minimum atomic E-state index is -0.954. The molecule has 2 aromatic carbocycles. The Labute approximate surface area is 161 Å². The normalized spacial score (nSPS) is 16.5. The molecule has 7 heteroatoms. The van der Waals surface area contributed by atoms with Gasteiger partial charge in [0.25, 0.3) is 0 Å². The van der Waals surface area contributed by atoms with E-state index in [4.69, 9.17) is 23.2 Å². The number of amides is 1. The summed E-state index contributed by atoms with van der Waals surface area (Å²) in [6, 6.07) is 11.8. The van der Waals surface area contributed by atoms with E-state index < -0.39 is 12.0 Å².